The predicted molar refractivity (Wildman–Crippen MR) is 85.7 cm³/mol. The van der Waals surface area contributed by atoms with Crippen LogP contribution in [0.4, 0.5) is 5.82 Å². The van der Waals surface area contributed by atoms with Crippen LogP contribution in [-0.2, 0) is 5.41 Å². The molecule has 0 saturated heterocycles. The van der Waals surface area contributed by atoms with Crippen molar-refractivity contribution in [3.63, 3.8) is 0 Å². The van der Waals surface area contributed by atoms with Gasteiger partial charge >= 0.3 is 0 Å². The maximum absolute atomic E-state index is 5.43. The average Bonchev–Trinajstić information content (AvgIpc) is 2.46. The standard InChI is InChI=1S/C15H20N4OS/c1-15(2,3)10-5-7-11(8-6-10)21-14-12(20-4)13(19-16)17-9-18-14/h5-9H,16H2,1-4H3,(H,17,18,19). The summed E-state index contributed by atoms with van der Waals surface area (Å²) in [5, 5.41) is 0.726. The lowest BCUT2D eigenvalue weighted by molar-refractivity contribution is 0.400. The molecule has 6 heteroatoms. The topological polar surface area (TPSA) is 73.1 Å². The third-order valence-electron chi connectivity index (χ3n) is 3.05. The van der Waals surface area contributed by atoms with Crippen LogP contribution in [0.5, 0.6) is 5.75 Å². The largest absolute Gasteiger partial charge is 0.490 e. The molecule has 3 N–H and O–H groups in total. The summed E-state index contributed by atoms with van der Waals surface area (Å²) in [6.45, 7) is 6.59. The van der Waals surface area contributed by atoms with E-state index in [9.17, 15) is 0 Å². The lowest BCUT2D eigenvalue weighted by atomic mass is 9.87. The maximum atomic E-state index is 5.43. The molecule has 0 fully saturated rings. The molecule has 0 aliphatic rings. The first kappa shape index (κ1) is 15.6. The quantitative estimate of drug-likeness (QED) is 0.513. The monoisotopic (exact) mass is 304 g/mol. The van der Waals surface area contributed by atoms with Gasteiger partial charge < -0.3 is 10.2 Å². The van der Waals surface area contributed by atoms with E-state index >= 15 is 0 Å². The smallest absolute Gasteiger partial charge is 0.195 e. The van der Waals surface area contributed by atoms with Crippen molar-refractivity contribution in [3.05, 3.63) is 36.2 Å². The summed E-state index contributed by atoms with van der Waals surface area (Å²) in [4.78, 5) is 9.37. The Morgan fingerprint density at radius 3 is 2.33 bits per heavy atom. The SMILES string of the molecule is COc1c(NN)ncnc1Sc1ccc(C(C)(C)C)cc1. The van der Waals surface area contributed by atoms with Crippen molar-refractivity contribution in [3.8, 4) is 5.75 Å². The molecular weight excluding hydrogens is 284 g/mol. The van der Waals surface area contributed by atoms with Crippen molar-refractivity contribution in [1.29, 1.82) is 0 Å². The van der Waals surface area contributed by atoms with E-state index in [-0.39, 0.29) is 5.41 Å². The summed E-state index contributed by atoms with van der Waals surface area (Å²) < 4.78 is 5.33. The molecule has 0 amide bonds. The van der Waals surface area contributed by atoms with Crippen LogP contribution >= 0.6 is 11.8 Å². The predicted octanol–water partition coefficient (Wildman–Crippen LogP) is 3.22. The van der Waals surface area contributed by atoms with E-state index < -0.39 is 0 Å². The van der Waals surface area contributed by atoms with Crippen molar-refractivity contribution in [1.82, 2.24) is 9.97 Å². The zero-order valence-corrected chi connectivity index (χ0v) is 13.5. The number of aromatic nitrogens is 2. The van der Waals surface area contributed by atoms with Gasteiger partial charge in [0, 0.05) is 4.90 Å². The fourth-order valence-corrected chi connectivity index (χ4v) is 2.72. The molecule has 0 atom stereocenters. The van der Waals surface area contributed by atoms with Crippen LogP contribution < -0.4 is 16.0 Å². The van der Waals surface area contributed by atoms with Crippen molar-refractivity contribution in [2.75, 3.05) is 12.5 Å². The zero-order valence-electron chi connectivity index (χ0n) is 12.7. The molecule has 21 heavy (non-hydrogen) atoms. The van der Waals surface area contributed by atoms with Gasteiger partial charge in [-0.2, -0.15) is 0 Å². The Labute approximate surface area is 129 Å². The number of hydrogen-bond acceptors (Lipinski definition) is 6. The first-order chi connectivity index (χ1) is 9.95. The molecule has 0 unspecified atom stereocenters. The summed E-state index contributed by atoms with van der Waals surface area (Å²) in [7, 11) is 1.58. The van der Waals surface area contributed by atoms with Gasteiger partial charge in [-0.25, -0.2) is 15.8 Å². The first-order valence-corrected chi connectivity index (χ1v) is 7.41. The Balaban J connectivity index is 2.26. The number of nitrogens with one attached hydrogen (secondary N) is 1. The lowest BCUT2D eigenvalue weighted by Crippen LogP contribution is -2.11. The Kier molecular flexibility index (Phi) is 4.69. The summed E-state index contributed by atoms with van der Waals surface area (Å²) in [6, 6.07) is 8.45. The van der Waals surface area contributed by atoms with Gasteiger partial charge in [-0.1, -0.05) is 44.7 Å². The Hall–Kier alpha value is -1.79. The number of anilines is 1. The van der Waals surface area contributed by atoms with Gasteiger partial charge in [0.2, 0.25) is 0 Å². The third-order valence-corrected chi connectivity index (χ3v) is 4.04. The molecule has 0 spiro atoms. The van der Waals surface area contributed by atoms with E-state index in [4.69, 9.17) is 10.6 Å². The van der Waals surface area contributed by atoms with Crippen LogP contribution in [0, 0.1) is 0 Å². The molecule has 0 aliphatic carbocycles. The Morgan fingerprint density at radius 1 is 1.14 bits per heavy atom. The minimum Gasteiger partial charge on any atom is -0.490 e. The van der Waals surface area contributed by atoms with Crippen LogP contribution in [0.25, 0.3) is 0 Å². The normalized spacial score (nSPS) is 11.3. The molecule has 2 aromatic rings. The molecule has 2 rings (SSSR count). The first-order valence-electron chi connectivity index (χ1n) is 6.59. The highest BCUT2D eigenvalue weighted by molar-refractivity contribution is 7.99. The maximum Gasteiger partial charge on any atom is 0.195 e. The highest BCUT2D eigenvalue weighted by Gasteiger charge is 2.15. The van der Waals surface area contributed by atoms with Gasteiger partial charge in [-0.3, -0.25) is 0 Å². The summed E-state index contributed by atoms with van der Waals surface area (Å²) in [6.07, 6.45) is 1.46. The van der Waals surface area contributed by atoms with Crippen LogP contribution in [0.2, 0.25) is 0 Å². The molecule has 1 heterocycles. The van der Waals surface area contributed by atoms with Crippen molar-refractivity contribution in [2.24, 2.45) is 5.84 Å². The molecule has 1 aromatic heterocycles. The second kappa shape index (κ2) is 6.32. The fraction of sp³-hybridized carbons (Fsp3) is 0.333. The number of nitrogens with zero attached hydrogens (tertiary/aromatic N) is 2. The zero-order chi connectivity index (χ0) is 15.5. The van der Waals surface area contributed by atoms with E-state index in [1.54, 1.807) is 7.11 Å². The molecule has 0 saturated carbocycles. The average molecular weight is 304 g/mol. The van der Waals surface area contributed by atoms with E-state index in [1.807, 2.05) is 0 Å². The summed E-state index contributed by atoms with van der Waals surface area (Å²) in [5.41, 5.74) is 3.95. The van der Waals surface area contributed by atoms with E-state index in [2.05, 4.69) is 60.4 Å². The van der Waals surface area contributed by atoms with Gasteiger partial charge in [-0.05, 0) is 23.1 Å². The van der Waals surface area contributed by atoms with Crippen molar-refractivity contribution >= 4 is 17.6 Å². The number of hydrazine groups is 1. The van der Waals surface area contributed by atoms with Crippen LogP contribution in [0.15, 0.2) is 40.5 Å². The molecule has 0 radical (unpaired) electrons. The van der Waals surface area contributed by atoms with Gasteiger partial charge in [0.25, 0.3) is 0 Å². The van der Waals surface area contributed by atoms with E-state index in [0.29, 0.717) is 11.6 Å². The van der Waals surface area contributed by atoms with E-state index in [0.717, 1.165) is 9.92 Å². The minimum absolute atomic E-state index is 0.145. The molecule has 5 nitrogen and oxygen atoms in total. The number of rotatable bonds is 4. The Morgan fingerprint density at radius 2 is 1.81 bits per heavy atom. The molecule has 0 aliphatic heterocycles. The number of nitrogen functional groups attached to an aromatic ring is 1. The highest BCUT2D eigenvalue weighted by Crippen LogP contribution is 2.36. The van der Waals surface area contributed by atoms with Crippen LogP contribution in [0.3, 0.4) is 0 Å². The number of methoxy groups -OCH3 is 1. The molecular formula is C15H20N4OS. The third kappa shape index (κ3) is 3.65. The van der Waals surface area contributed by atoms with Gasteiger partial charge in [0.1, 0.15) is 11.4 Å². The van der Waals surface area contributed by atoms with Gasteiger partial charge in [-0.15, -0.1) is 0 Å². The molecule has 0 bridgehead atoms. The minimum atomic E-state index is 0.145. The lowest BCUT2D eigenvalue weighted by Gasteiger charge is -2.19. The van der Waals surface area contributed by atoms with Crippen molar-refractivity contribution < 1.29 is 4.74 Å². The number of benzene rings is 1. The van der Waals surface area contributed by atoms with Crippen LogP contribution in [0.1, 0.15) is 26.3 Å². The van der Waals surface area contributed by atoms with Gasteiger partial charge in [0.15, 0.2) is 11.6 Å². The fourth-order valence-electron chi connectivity index (χ4n) is 1.85. The number of ether oxygens (including phenoxy) is 1. The second-order valence-corrected chi connectivity index (χ2v) is 6.64. The summed E-state index contributed by atoms with van der Waals surface area (Å²) >= 11 is 1.52. The van der Waals surface area contributed by atoms with E-state index in [1.165, 1.54) is 23.7 Å². The van der Waals surface area contributed by atoms with Gasteiger partial charge in [0.05, 0.1) is 7.11 Å². The number of hydrogen-bond donors (Lipinski definition) is 2. The molecule has 1 aromatic carbocycles. The highest BCUT2D eigenvalue weighted by atomic mass is 32.2. The van der Waals surface area contributed by atoms with Crippen molar-refractivity contribution in [2.45, 2.75) is 36.1 Å². The summed E-state index contributed by atoms with van der Waals surface area (Å²) in [5.74, 6) is 6.45. The molecule has 112 valence electrons. The Bertz CT molecular complexity index is 608. The van der Waals surface area contributed by atoms with Crippen LogP contribution in [-0.4, -0.2) is 17.1 Å². The number of nitrogens with two attached hydrogens (primary N) is 1. The second-order valence-electron chi connectivity index (χ2n) is 5.58.